The third-order valence-electron chi connectivity index (χ3n) is 5.79. The first-order valence-electron chi connectivity index (χ1n) is 10.6. The van der Waals surface area contributed by atoms with Gasteiger partial charge in [-0.2, -0.15) is 0 Å². The molecule has 0 radical (unpaired) electrons. The molecule has 0 atom stereocenters. The first-order valence-corrected chi connectivity index (χ1v) is 10.6. The zero-order chi connectivity index (χ0) is 22.1. The standard InChI is InChI=1S/C24H27N5O2/c1-5-8-11-29-14-19(17-9-10-25-22(17)24(29)31)18-12-16(23(30)28(6-2)7-3)13-20-21(18)26-15-27(20)4/h5,9-10,12-15,25H,1,6-8,11H2,2-4H3. The first kappa shape index (κ1) is 20.7. The average Bonchev–Trinajstić information content (AvgIpc) is 3.41. The van der Waals surface area contributed by atoms with Crippen molar-refractivity contribution in [1.29, 1.82) is 0 Å². The minimum Gasteiger partial charge on any atom is -0.357 e. The normalized spacial score (nSPS) is 11.3. The minimum absolute atomic E-state index is 0.0142. The Balaban J connectivity index is 2.02. The van der Waals surface area contributed by atoms with E-state index in [9.17, 15) is 9.59 Å². The van der Waals surface area contributed by atoms with Crippen molar-refractivity contribution in [2.24, 2.45) is 7.05 Å². The van der Waals surface area contributed by atoms with Gasteiger partial charge in [0.1, 0.15) is 5.52 Å². The van der Waals surface area contributed by atoms with Crippen LogP contribution in [0.3, 0.4) is 0 Å². The molecule has 0 spiro atoms. The van der Waals surface area contributed by atoms with Crippen LogP contribution in [0.5, 0.6) is 0 Å². The summed E-state index contributed by atoms with van der Waals surface area (Å²) in [7, 11) is 1.92. The van der Waals surface area contributed by atoms with Gasteiger partial charge in [0, 0.05) is 61.2 Å². The lowest BCUT2D eigenvalue weighted by atomic mass is 9.99. The summed E-state index contributed by atoms with van der Waals surface area (Å²) in [5.74, 6) is -0.0142. The highest BCUT2D eigenvalue weighted by molar-refractivity contribution is 6.06. The van der Waals surface area contributed by atoms with Gasteiger partial charge in [-0.1, -0.05) is 6.08 Å². The quantitative estimate of drug-likeness (QED) is 0.463. The monoisotopic (exact) mass is 417 g/mol. The van der Waals surface area contributed by atoms with E-state index in [1.54, 1.807) is 28.1 Å². The van der Waals surface area contributed by atoms with Crippen LogP contribution in [0.2, 0.25) is 0 Å². The van der Waals surface area contributed by atoms with Gasteiger partial charge in [0.05, 0.1) is 17.4 Å². The molecule has 0 aliphatic carbocycles. The van der Waals surface area contributed by atoms with Crippen LogP contribution in [0.1, 0.15) is 30.6 Å². The van der Waals surface area contributed by atoms with E-state index >= 15 is 0 Å². The lowest BCUT2D eigenvalue weighted by Crippen LogP contribution is -2.30. The molecule has 1 N–H and O–H groups in total. The third-order valence-corrected chi connectivity index (χ3v) is 5.79. The molecule has 31 heavy (non-hydrogen) atoms. The predicted molar refractivity (Wildman–Crippen MR) is 124 cm³/mol. The molecule has 0 unspecified atom stereocenters. The number of fused-ring (bicyclic) bond motifs is 2. The van der Waals surface area contributed by atoms with Gasteiger partial charge in [0.2, 0.25) is 0 Å². The number of carbonyl (C=O) groups is 1. The molecule has 3 heterocycles. The maximum Gasteiger partial charge on any atom is 0.274 e. The second-order valence-corrected chi connectivity index (χ2v) is 7.61. The molecule has 3 aromatic heterocycles. The number of aromatic amines is 1. The Labute approximate surface area is 180 Å². The average molecular weight is 418 g/mol. The number of nitrogens with one attached hydrogen (secondary N) is 1. The van der Waals surface area contributed by atoms with Crippen molar-refractivity contribution < 1.29 is 4.79 Å². The highest BCUT2D eigenvalue weighted by Gasteiger charge is 2.20. The summed E-state index contributed by atoms with van der Waals surface area (Å²) in [6.07, 6.45) is 7.88. The van der Waals surface area contributed by atoms with Crippen LogP contribution in [0.4, 0.5) is 0 Å². The number of allylic oxidation sites excluding steroid dienone is 1. The Morgan fingerprint density at radius 2 is 2.03 bits per heavy atom. The fourth-order valence-corrected chi connectivity index (χ4v) is 4.06. The lowest BCUT2D eigenvalue weighted by molar-refractivity contribution is 0.0773. The van der Waals surface area contributed by atoms with E-state index in [2.05, 4.69) is 16.5 Å². The first-order chi connectivity index (χ1) is 15.0. The Hall–Kier alpha value is -3.61. The second-order valence-electron chi connectivity index (χ2n) is 7.61. The van der Waals surface area contributed by atoms with Gasteiger partial charge >= 0.3 is 0 Å². The van der Waals surface area contributed by atoms with Gasteiger partial charge in [-0.25, -0.2) is 4.98 Å². The number of aryl methyl sites for hydroxylation is 2. The van der Waals surface area contributed by atoms with Gasteiger partial charge in [0.25, 0.3) is 11.5 Å². The molecule has 7 heteroatoms. The Morgan fingerprint density at radius 1 is 1.26 bits per heavy atom. The summed E-state index contributed by atoms with van der Waals surface area (Å²) in [6.45, 7) is 9.54. The molecule has 0 fully saturated rings. The summed E-state index contributed by atoms with van der Waals surface area (Å²) in [5, 5.41) is 0.819. The number of rotatable bonds is 7. The molecule has 0 saturated carbocycles. The molecule has 1 amide bonds. The number of H-pyrrole nitrogens is 1. The van der Waals surface area contributed by atoms with E-state index in [1.807, 2.05) is 49.9 Å². The maximum atomic E-state index is 13.2. The number of nitrogens with zero attached hydrogens (tertiary/aromatic N) is 4. The molecular formula is C24H27N5O2. The van der Waals surface area contributed by atoms with Gasteiger partial charge < -0.3 is 19.0 Å². The van der Waals surface area contributed by atoms with Crippen molar-refractivity contribution in [1.82, 2.24) is 24.0 Å². The van der Waals surface area contributed by atoms with Crippen LogP contribution in [-0.4, -0.2) is 43.0 Å². The largest absolute Gasteiger partial charge is 0.357 e. The molecule has 1 aromatic carbocycles. The van der Waals surface area contributed by atoms with Crippen LogP contribution in [-0.2, 0) is 13.6 Å². The fourth-order valence-electron chi connectivity index (χ4n) is 4.06. The van der Waals surface area contributed by atoms with Crippen LogP contribution < -0.4 is 5.56 Å². The van der Waals surface area contributed by atoms with E-state index < -0.39 is 0 Å². The Kier molecular flexibility index (Phi) is 5.50. The number of benzene rings is 1. The Bertz CT molecular complexity index is 1340. The summed E-state index contributed by atoms with van der Waals surface area (Å²) < 4.78 is 3.61. The third kappa shape index (κ3) is 3.46. The van der Waals surface area contributed by atoms with Crippen molar-refractivity contribution in [3.05, 3.63) is 65.5 Å². The molecule has 0 aliphatic heterocycles. The van der Waals surface area contributed by atoms with Crippen molar-refractivity contribution in [2.45, 2.75) is 26.8 Å². The highest BCUT2D eigenvalue weighted by Crippen LogP contribution is 2.33. The van der Waals surface area contributed by atoms with E-state index in [0.29, 0.717) is 37.1 Å². The number of carbonyl (C=O) groups excluding carboxylic acids is 1. The smallest absolute Gasteiger partial charge is 0.274 e. The van der Waals surface area contributed by atoms with Gasteiger partial charge in [-0.05, 0) is 38.5 Å². The molecule has 0 aliphatic rings. The van der Waals surface area contributed by atoms with E-state index in [-0.39, 0.29) is 11.5 Å². The van der Waals surface area contributed by atoms with Crippen LogP contribution in [0.25, 0.3) is 33.1 Å². The molecular weight excluding hydrogens is 390 g/mol. The van der Waals surface area contributed by atoms with Crippen LogP contribution in [0, 0.1) is 0 Å². The molecule has 7 nitrogen and oxygen atoms in total. The number of imidazole rings is 1. The van der Waals surface area contributed by atoms with Crippen molar-refractivity contribution in [3.8, 4) is 11.1 Å². The molecule has 160 valence electrons. The maximum absolute atomic E-state index is 13.2. The van der Waals surface area contributed by atoms with E-state index in [1.165, 1.54) is 0 Å². The second kappa shape index (κ2) is 8.26. The van der Waals surface area contributed by atoms with Gasteiger partial charge in [-0.15, -0.1) is 6.58 Å². The minimum atomic E-state index is -0.0711. The molecule has 0 bridgehead atoms. The predicted octanol–water partition coefficient (Wildman–Crippen LogP) is 3.94. The topological polar surface area (TPSA) is 75.9 Å². The molecule has 0 saturated heterocycles. The van der Waals surface area contributed by atoms with Crippen molar-refractivity contribution in [2.75, 3.05) is 13.1 Å². The number of pyridine rings is 1. The lowest BCUT2D eigenvalue weighted by Gasteiger charge is -2.19. The SMILES string of the molecule is C=CCCn1cc(-c2cc(C(=O)N(CC)CC)cc3c2ncn3C)c2cc[nH]c2c1=O. The van der Waals surface area contributed by atoms with Crippen molar-refractivity contribution in [3.63, 3.8) is 0 Å². The molecule has 4 aromatic rings. The van der Waals surface area contributed by atoms with Crippen LogP contribution in [0.15, 0.2) is 54.4 Å². The number of hydrogen-bond donors (Lipinski definition) is 1. The fraction of sp³-hybridized carbons (Fsp3) is 0.292. The zero-order valence-corrected chi connectivity index (χ0v) is 18.2. The highest BCUT2D eigenvalue weighted by atomic mass is 16.2. The Morgan fingerprint density at radius 3 is 2.74 bits per heavy atom. The summed E-state index contributed by atoms with van der Waals surface area (Å²) in [6, 6.07) is 5.70. The van der Waals surface area contributed by atoms with Crippen molar-refractivity contribution >= 4 is 27.8 Å². The summed E-state index contributed by atoms with van der Waals surface area (Å²) in [5.41, 5.74) is 4.48. The summed E-state index contributed by atoms with van der Waals surface area (Å²) in [4.78, 5) is 35.6. The zero-order valence-electron chi connectivity index (χ0n) is 18.2. The number of aromatic nitrogens is 4. The van der Waals surface area contributed by atoms with Crippen LogP contribution >= 0.6 is 0 Å². The van der Waals surface area contributed by atoms with E-state index in [0.717, 1.165) is 27.5 Å². The summed E-state index contributed by atoms with van der Waals surface area (Å²) >= 11 is 0. The number of amides is 1. The van der Waals surface area contributed by atoms with Gasteiger partial charge in [-0.3, -0.25) is 9.59 Å². The molecule has 4 rings (SSSR count). The number of hydrogen-bond acceptors (Lipinski definition) is 3. The van der Waals surface area contributed by atoms with E-state index in [4.69, 9.17) is 0 Å². The van der Waals surface area contributed by atoms with Gasteiger partial charge in [0.15, 0.2) is 0 Å².